The third-order valence-corrected chi connectivity index (χ3v) is 7.93. The summed E-state index contributed by atoms with van der Waals surface area (Å²) in [7, 11) is 2.03. The lowest BCUT2D eigenvalue weighted by atomic mass is 9.85. The Morgan fingerprint density at radius 3 is 2.62 bits per heavy atom. The van der Waals surface area contributed by atoms with Gasteiger partial charge in [0, 0.05) is 65.7 Å². The smallest absolute Gasteiger partial charge is 0.115 e. The van der Waals surface area contributed by atoms with Crippen LogP contribution in [0.25, 0.3) is 10.4 Å². The SMILES string of the molecule is Cc1nn(C)c(C)c1CN1CCC2(CC1)OCCc1cc(-c3cncnc3)sc12. The van der Waals surface area contributed by atoms with Crippen LogP contribution < -0.4 is 0 Å². The molecule has 0 aliphatic carbocycles. The molecule has 6 nitrogen and oxygen atoms in total. The Hall–Kier alpha value is -2.09. The van der Waals surface area contributed by atoms with Crippen LogP contribution >= 0.6 is 11.3 Å². The molecule has 152 valence electrons. The Balaban J connectivity index is 1.36. The third kappa shape index (κ3) is 3.31. The molecule has 3 aromatic heterocycles. The molecule has 7 heteroatoms. The monoisotopic (exact) mass is 409 g/mol. The number of fused-ring (bicyclic) bond motifs is 2. The van der Waals surface area contributed by atoms with E-state index in [4.69, 9.17) is 4.74 Å². The van der Waals surface area contributed by atoms with E-state index >= 15 is 0 Å². The highest BCUT2D eigenvalue weighted by Gasteiger charge is 2.42. The van der Waals surface area contributed by atoms with E-state index in [0.29, 0.717) is 0 Å². The molecule has 0 saturated carbocycles. The number of rotatable bonds is 3. The summed E-state index contributed by atoms with van der Waals surface area (Å²) >= 11 is 1.87. The second-order valence-electron chi connectivity index (χ2n) is 8.23. The number of hydrogen-bond donors (Lipinski definition) is 0. The Bertz CT molecular complexity index is 1020. The number of aryl methyl sites for hydroxylation is 2. The summed E-state index contributed by atoms with van der Waals surface area (Å²) in [5.41, 5.74) is 6.22. The summed E-state index contributed by atoms with van der Waals surface area (Å²) < 4.78 is 8.46. The fourth-order valence-corrected chi connectivity index (χ4v) is 6.09. The number of aromatic nitrogens is 4. The minimum Gasteiger partial charge on any atom is -0.369 e. The fraction of sp³-hybridized carbons (Fsp3) is 0.500. The van der Waals surface area contributed by atoms with Gasteiger partial charge >= 0.3 is 0 Å². The van der Waals surface area contributed by atoms with Crippen molar-refractivity contribution in [1.29, 1.82) is 0 Å². The van der Waals surface area contributed by atoms with Gasteiger partial charge in [0.1, 0.15) is 11.9 Å². The van der Waals surface area contributed by atoms with Crippen molar-refractivity contribution in [1.82, 2.24) is 24.6 Å². The third-order valence-electron chi connectivity index (χ3n) is 6.52. The van der Waals surface area contributed by atoms with Gasteiger partial charge in [0.15, 0.2) is 0 Å². The maximum atomic E-state index is 6.47. The van der Waals surface area contributed by atoms with Crippen LogP contribution in [0.2, 0.25) is 0 Å². The van der Waals surface area contributed by atoms with E-state index in [0.717, 1.165) is 56.8 Å². The summed E-state index contributed by atoms with van der Waals surface area (Å²) in [6.07, 6.45) is 8.48. The van der Waals surface area contributed by atoms with Gasteiger partial charge < -0.3 is 4.74 Å². The lowest BCUT2D eigenvalue weighted by Crippen LogP contribution is -2.45. The first kappa shape index (κ1) is 18.9. The summed E-state index contributed by atoms with van der Waals surface area (Å²) in [5, 5.41) is 4.58. The highest BCUT2D eigenvalue weighted by molar-refractivity contribution is 7.15. The van der Waals surface area contributed by atoms with Crippen LogP contribution in [0.5, 0.6) is 0 Å². The maximum Gasteiger partial charge on any atom is 0.115 e. The minimum absolute atomic E-state index is 0.123. The maximum absolute atomic E-state index is 6.47. The number of likely N-dealkylation sites (tertiary alicyclic amines) is 1. The molecule has 0 atom stereocenters. The summed E-state index contributed by atoms with van der Waals surface area (Å²) in [5.74, 6) is 0. The zero-order valence-corrected chi connectivity index (χ0v) is 18.1. The van der Waals surface area contributed by atoms with Crippen LogP contribution in [0.15, 0.2) is 24.8 Å². The van der Waals surface area contributed by atoms with E-state index in [9.17, 15) is 0 Å². The Kier molecular flexibility index (Phi) is 4.76. The molecular weight excluding hydrogens is 382 g/mol. The lowest BCUT2D eigenvalue weighted by molar-refractivity contribution is -0.0961. The first-order chi connectivity index (χ1) is 14.1. The number of ether oxygens (including phenoxy) is 1. The van der Waals surface area contributed by atoms with Gasteiger partial charge in [-0.2, -0.15) is 5.10 Å². The van der Waals surface area contributed by atoms with Gasteiger partial charge in [0.05, 0.1) is 12.3 Å². The van der Waals surface area contributed by atoms with Crippen LogP contribution in [0.1, 0.15) is 40.2 Å². The van der Waals surface area contributed by atoms with Crippen LogP contribution in [-0.2, 0) is 30.4 Å². The average Bonchev–Trinajstić information content (AvgIpc) is 3.28. The highest BCUT2D eigenvalue weighted by Crippen LogP contribution is 2.47. The molecule has 0 aromatic carbocycles. The van der Waals surface area contributed by atoms with Gasteiger partial charge in [-0.1, -0.05) is 0 Å². The Morgan fingerprint density at radius 2 is 1.93 bits per heavy atom. The van der Waals surface area contributed by atoms with Crippen molar-refractivity contribution in [3.63, 3.8) is 0 Å². The normalized spacial score (nSPS) is 18.9. The van der Waals surface area contributed by atoms with Crippen LogP contribution in [0, 0.1) is 13.8 Å². The molecule has 0 radical (unpaired) electrons. The van der Waals surface area contributed by atoms with Crippen molar-refractivity contribution in [3.8, 4) is 10.4 Å². The Labute approximate surface area is 175 Å². The first-order valence-electron chi connectivity index (χ1n) is 10.3. The number of thiophene rings is 1. The molecule has 2 aliphatic heterocycles. The summed E-state index contributed by atoms with van der Waals surface area (Å²) in [6.45, 7) is 8.17. The van der Waals surface area contributed by atoms with E-state index in [2.05, 4.69) is 39.9 Å². The zero-order valence-electron chi connectivity index (χ0n) is 17.3. The molecule has 3 aromatic rings. The van der Waals surface area contributed by atoms with E-state index in [1.54, 1.807) is 6.33 Å². The molecular formula is C22H27N5OS. The molecule has 1 saturated heterocycles. The largest absolute Gasteiger partial charge is 0.369 e. The Morgan fingerprint density at radius 1 is 1.17 bits per heavy atom. The predicted octanol–water partition coefficient (Wildman–Crippen LogP) is 3.62. The molecule has 5 heterocycles. The van der Waals surface area contributed by atoms with Crippen LogP contribution in [-0.4, -0.2) is 44.3 Å². The van der Waals surface area contributed by atoms with E-state index in [1.807, 2.05) is 35.5 Å². The standard InChI is InChI=1S/C22H27N5OS/c1-15-19(16(2)26(3)25-15)13-27-7-5-22(6-8-27)21-17(4-9-28-22)10-20(29-21)18-11-23-14-24-12-18/h10-12,14H,4-9,13H2,1-3H3. The van der Waals surface area contributed by atoms with E-state index < -0.39 is 0 Å². The molecule has 0 amide bonds. The average molecular weight is 410 g/mol. The lowest BCUT2D eigenvalue weighted by Gasteiger charge is -2.43. The molecule has 29 heavy (non-hydrogen) atoms. The quantitative estimate of drug-likeness (QED) is 0.661. The molecule has 5 rings (SSSR count). The van der Waals surface area contributed by atoms with Gasteiger partial charge in [-0.05, 0) is 44.7 Å². The molecule has 2 aliphatic rings. The van der Waals surface area contributed by atoms with Crippen molar-refractivity contribution >= 4 is 11.3 Å². The summed E-state index contributed by atoms with van der Waals surface area (Å²) in [6, 6.07) is 2.33. The molecule has 0 unspecified atom stereocenters. The number of nitrogens with zero attached hydrogens (tertiary/aromatic N) is 5. The van der Waals surface area contributed by atoms with E-state index in [1.165, 1.54) is 26.6 Å². The van der Waals surface area contributed by atoms with Crippen molar-refractivity contribution < 1.29 is 4.74 Å². The second-order valence-corrected chi connectivity index (χ2v) is 9.29. The van der Waals surface area contributed by atoms with Gasteiger partial charge in [-0.3, -0.25) is 9.58 Å². The number of hydrogen-bond acceptors (Lipinski definition) is 6. The molecule has 0 bridgehead atoms. The molecule has 0 N–H and O–H groups in total. The molecule has 1 spiro atoms. The van der Waals surface area contributed by atoms with Crippen molar-refractivity contribution in [2.24, 2.45) is 7.05 Å². The van der Waals surface area contributed by atoms with Gasteiger partial charge in [0.25, 0.3) is 0 Å². The topological polar surface area (TPSA) is 56.1 Å². The summed E-state index contributed by atoms with van der Waals surface area (Å²) in [4.78, 5) is 13.6. The van der Waals surface area contributed by atoms with Gasteiger partial charge in [-0.15, -0.1) is 11.3 Å². The van der Waals surface area contributed by atoms with Crippen molar-refractivity contribution in [2.45, 2.75) is 45.3 Å². The van der Waals surface area contributed by atoms with Crippen molar-refractivity contribution in [2.75, 3.05) is 19.7 Å². The van der Waals surface area contributed by atoms with Crippen LogP contribution in [0.3, 0.4) is 0 Å². The van der Waals surface area contributed by atoms with Crippen molar-refractivity contribution in [3.05, 3.63) is 52.2 Å². The highest BCUT2D eigenvalue weighted by atomic mass is 32.1. The second kappa shape index (κ2) is 7.31. The number of piperidine rings is 1. The minimum atomic E-state index is -0.123. The fourth-order valence-electron chi connectivity index (χ4n) is 4.70. The van der Waals surface area contributed by atoms with Gasteiger partial charge in [0.2, 0.25) is 0 Å². The molecule has 1 fully saturated rings. The zero-order chi connectivity index (χ0) is 20.0. The van der Waals surface area contributed by atoms with Gasteiger partial charge in [-0.25, -0.2) is 9.97 Å². The first-order valence-corrected chi connectivity index (χ1v) is 11.1. The van der Waals surface area contributed by atoms with Crippen LogP contribution in [0.4, 0.5) is 0 Å². The predicted molar refractivity (Wildman–Crippen MR) is 114 cm³/mol. The van der Waals surface area contributed by atoms with E-state index in [-0.39, 0.29) is 5.60 Å².